The molecule has 1 aliphatic heterocycles. The summed E-state index contributed by atoms with van der Waals surface area (Å²) in [5, 5.41) is 3.28. The summed E-state index contributed by atoms with van der Waals surface area (Å²) in [6.45, 7) is 6.52. The van der Waals surface area contributed by atoms with Gasteiger partial charge in [0.1, 0.15) is 18.1 Å². The summed E-state index contributed by atoms with van der Waals surface area (Å²) in [5.41, 5.74) is 1.02. The molecule has 0 aliphatic carbocycles. The summed E-state index contributed by atoms with van der Waals surface area (Å²) in [7, 11) is 0. The fraction of sp³-hybridized carbons (Fsp3) is 0.333. The van der Waals surface area contributed by atoms with Crippen molar-refractivity contribution in [1.82, 2.24) is 15.0 Å². The number of anilines is 2. The molecule has 0 bridgehead atoms. The molecule has 2 heterocycles. The van der Waals surface area contributed by atoms with Gasteiger partial charge in [-0.25, -0.2) is 9.69 Å². The first-order chi connectivity index (χ1) is 16.1. The van der Waals surface area contributed by atoms with Crippen molar-refractivity contribution in [2.24, 2.45) is 0 Å². The molecular weight excluding hydrogens is 422 g/mol. The van der Waals surface area contributed by atoms with Crippen LogP contribution in [0, 0.1) is 0 Å². The van der Waals surface area contributed by atoms with E-state index in [1.807, 2.05) is 75.4 Å². The first-order valence-corrected chi connectivity index (χ1v) is 11.0. The third-order valence-corrected chi connectivity index (χ3v) is 5.23. The van der Waals surface area contributed by atoms with Gasteiger partial charge in [0, 0.05) is 0 Å². The Balaban J connectivity index is 1.51. The SMILES string of the molecule is CCOc1nc(N[C@@H](C)c2ccc(Oc3ccccc3)cc2)nc(N2C(=O)OC[C@@H]2CC)n1. The van der Waals surface area contributed by atoms with Crippen LogP contribution >= 0.6 is 0 Å². The van der Waals surface area contributed by atoms with E-state index in [2.05, 4.69) is 20.3 Å². The molecule has 1 aliphatic rings. The zero-order valence-electron chi connectivity index (χ0n) is 18.9. The molecule has 0 unspecified atom stereocenters. The van der Waals surface area contributed by atoms with Gasteiger partial charge in [-0.3, -0.25) is 0 Å². The van der Waals surface area contributed by atoms with E-state index in [0.717, 1.165) is 23.5 Å². The van der Waals surface area contributed by atoms with Crippen LogP contribution in [0.1, 0.15) is 38.8 Å². The number of cyclic esters (lactones) is 1. The van der Waals surface area contributed by atoms with Gasteiger partial charge in [0.25, 0.3) is 0 Å². The molecule has 9 nitrogen and oxygen atoms in total. The van der Waals surface area contributed by atoms with Crippen molar-refractivity contribution in [2.45, 2.75) is 39.3 Å². The lowest BCUT2D eigenvalue weighted by molar-refractivity contribution is 0.178. The Morgan fingerprint density at radius 2 is 1.79 bits per heavy atom. The van der Waals surface area contributed by atoms with Crippen LogP contribution in [0.25, 0.3) is 0 Å². The number of carbonyl (C=O) groups excluding carboxylic acids is 1. The molecular formula is C24H27N5O4. The molecule has 2 aromatic carbocycles. The van der Waals surface area contributed by atoms with Crippen LogP contribution in [-0.2, 0) is 4.74 Å². The fourth-order valence-corrected chi connectivity index (χ4v) is 3.44. The Morgan fingerprint density at radius 1 is 1.06 bits per heavy atom. The summed E-state index contributed by atoms with van der Waals surface area (Å²) in [4.78, 5) is 26.8. The van der Waals surface area contributed by atoms with E-state index in [1.54, 1.807) is 0 Å². The molecule has 9 heteroatoms. The van der Waals surface area contributed by atoms with Gasteiger partial charge in [-0.15, -0.1) is 0 Å². The van der Waals surface area contributed by atoms with Crippen LogP contribution in [0.3, 0.4) is 0 Å². The standard InChI is InChI=1S/C24H27N5O4/c1-4-18-15-32-24(30)29(18)22-26-21(27-23(28-22)31-5-2)25-16(3)17-11-13-20(14-12-17)33-19-9-7-6-8-10-19/h6-14,16,18H,4-5,15H2,1-3H3,(H,25,26,27,28)/t16-,18-/m0/s1. The second-order valence-corrected chi connectivity index (χ2v) is 7.53. The van der Waals surface area contributed by atoms with Crippen molar-refractivity contribution in [3.05, 3.63) is 60.2 Å². The zero-order valence-corrected chi connectivity index (χ0v) is 18.9. The maximum Gasteiger partial charge on any atom is 0.417 e. The third-order valence-electron chi connectivity index (χ3n) is 5.23. The Bertz CT molecular complexity index is 1080. The van der Waals surface area contributed by atoms with Crippen molar-refractivity contribution in [3.63, 3.8) is 0 Å². The topological polar surface area (TPSA) is 98.7 Å². The summed E-state index contributed by atoms with van der Waals surface area (Å²) in [5.74, 6) is 2.05. The Hall–Kier alpha value is -3.88. The average Bonchev–Trinajstić information content (AvgIpc) is 3.21. The van der Waals surface area contributed by atoms with Crippen LogP contribution in [0.15, 0.2) is 54.6 Å². The molecule has 1 aromatic heterocycles. The molecule has 4 rings (SSSR count). The van der Waals surface area contributed by atoms with Gasteiger partial charge in [-0.1, -0.05) is 37.3 Å². The summed E-state index contributed by atoms with van der Waals surface area (Å²) >= 11 is 0. The van der Waals surface area contributed by atoms with Crippen molar-refractivity contribution < 1.29 is 19.0 Å². The number of amides is 1. The van der Waals surface area contributed by atoms with Crippen molar-refractivity contribution >= 4 is 18.0 Å². The van der Waals surface area contributed by atoms with Crippen LogP contribution in [0.5, 0.6) is 17.5 Å². The van der Waals surface area contributed by atoms with Crippen molar-refractivity contribution in [1.29, 1.82) is 0 Å². The predicted molar refractivity (Wildman–Crippen MR) is 124 cm³/mol. The first-order valence-electron chi connectivity index (χ1n) is 11.0. The Morgan fingerprint density at radius 3 is 2.48 bits per heavy atom. The highest BCUT2D eigenvalue weighted by molar-refractivity contribution is 5.88. The minimum Gasteiger partial charge on any atom is -0.464 e. The van der Waals surface area contributed by atoms with E-state index in [0.29, 0.717) is 19.2 Å². The van der Waals surface area contributed by atoms with Crippen LogP contribution < -0.4 is 19.7 Å². The Labute approximate surface area is 192 Å². The molecule has 0 spiro atoms. The van der Waals surface area contributed by atoms with Gasteiger partial charge in [-0.2, -0.15) is 15.0 Å². The van der Waals surface area contributed by atoms with Crippen LogP contribution in [0.2, 0.25) is 0 Å². The van der Waals surface area contributed by atoms with Crippen LogP contribution in [-0.4, -0.2) is 40.3 Å². The lowest BCUT2D eigenvalue weighted by Gasteiger charge is -2.20. The largest absolute Gasteiger partial charge is 0.464 e. The monoisotopic (exact) mass is 449 g/mol. The quantitative estimate of drug-likeness (QED) is 0.489. The van der Waals surface area contributed by atoms with E-state index < -0.39 is 6.09 Å². The molecule has 172 valence electrons. The van der Waals surface area contributed by atoms with Gasteiger partial charge in [0.05, 0.1) is 18.7 Å². The second kappa shape index (κ2) is 10.2. The molecule has 1 N–H and O–H groups in total. The summed E-state index contributed by atoms with van der Waals surface area (Å²) in [6, 6.07) is 17.3. The van der Waals surface area contributed by atoms with Gasteiger partial charge >= 0.3 is 12.1 Å². The molecule has 1 fully saturated rings. The summed E-state index contributed by atoms with van der Waals surface area (Å²) in [6.07, 6.45) is 0.251. The number of hydrogen-bond acceptors (Lipinski definition) is 8. The molecule has 1 saturated heterocycles. The van der Waals surface area contributed by atoms with E-state index >= 15 is 0 Å². The lowest BCUT2D eigenvalue weighted by Crippen LogP contribution is -2.34. The zero-order chi connectivity index (χ0) is 23.2. The predicted octanol–water partition coefficient (Wildman–Crippen LogP) is 4.97. The van der Waals surface area contributed by atoms with Crippen molar-refractivity contribution in [3.8, 4) is 17.5 Å². The van der Waals surface area contributed by atoms with Crippen LogP contribution in [0.4, 0.5) is 16.7 Å². The van der Waals surface area contributed by atoms with Gasteiger partial charge < -0.3 is 19.5 Å². The van der Waals surface area contributed by atoms with E-state index in [-0.39, 0.29) is 24.0 Å². The summed E-state index contributed by atoms with van der Waals surface area (Å²) < 4.78 is 16.6. The van der Waals surface area contributed by atoms with Gasteiger partial charge in [-0.05, 0) is 50.1 Å². The Kier molecular flexibility index (Phi) is 6.87. The number of benzene rings is 2. The number of para-hydroxylation sites is 1. The highest BCUT2D eigenvalue weighted by Crippen LogP contribution is 2.27. The molecule has 2 atom stereocenters. The maximum atomic E-state index is 12.3. The number of nitrogens with zero attached hydrogens (tertiary/aromatic N) is 4. The number of aromatic nitrogens is 3. The first kappa shape index (κ1) is 22.3. The fourth-order valence-electron chi connectivity index (χ4n) is 3.44. The molecule has 1 amide bonds. The maximum absolute atomic E-state index is 12.3. The minimum atomic E-state index is -0.469. The third kappa shape index (κ3) is 5.31. The normalized spacial score (nSPS) is 16.3. The molecule has 0 saturated carbocycles. The molecule has 33 heavy (non-hydrogen) atoms. The van der Waals surface area contributed by atoms with E-state index in [9.17, 15) is 4.79 Å². The van der Waals surface area contributed by atoms with Gasteiger partial charge in [0.2, 0.25) is 11.9 Å². The highest BCUT2D eigenvalue weighted by atomic mass is 16.6. The van der Waals surface area contributed by atoms with Gasteiger partial charge in [0.15, 0.2) is 0 Å². The van der Waals surface area contributed by atoms with E-state index in [1.165, 1.54) is 4.90 Å². The smallest absolute Gasteiger partial charge is 0.417 e. The molecule has 3 aromatic rings. The average molecular weight is 450 g/mol. The lowest BCUT2D eigenvalue weighted by atomic mass is 10.1. The number of hydrogen-bond donors (Lipinski definition) is 1. The van der Waals surface area contributed by atoms with Crippen molar-refractivity contribution in [2.75, 3.05) is 23.4 Å². The minimum absolute atomic E-state index is 0.118. The second-order valence-electron chi connectivity index (χ2n) is 7.53. The molecule has 0 radical (unpaired) electrons. The number of rotatable bonds is 9. The highest BCUT2D eigenvalue weighted by Gasteiger charge is 2.35. The number of nitrogens with one attached hydrogen (secondary N) is 1. The van der Waals surface area contributed by atoms with E-state index in [4.69, 9.17) is 14.2 Å². The number of carbonyl (C=O) groups is 1. The number of ether oxygens (including phenoxy) is 3.